The van der Waals surface area contributed by atoms with Crippen LogP contribution in [0.1, 0.15) is 32.1 Å². The number of aryl methyl sites for hydroxylation is 1. The van der Waals surface area contributed by atoms with Crippen LogP contribution in [0.5, 0.6) is 0 Å². The number of rotatable bonds is 6. The molecular formula is C15H24N4O4S. The quantitative estimate of drug-likeness (QED) is 0.796. The molecule has 0 aliphatic carbocycles. The third-order valence-electron chi connectivity index (χ3n) is 4.56. The second-order valence-electron chi connectivity index (χ2n) is 6.36. The number of aromatic nitrogens is 2. The van der Waals surface area contributed by atoms with E-state index in [-0.39, 0.29) is 17.8 Å². The van der Waals surface area contributed by atoms with Crippen LogP contribution in [0, 0.1) is 0 Å². The molecule has 2 aliphatic heterocycles. The smallest absolute Gasteiger partial charge is 0.246 e. The molecule has 0 spiro atoms. The lowest BCUT2D eigenvalue weighted by Crippen LogP contribution is -2.53. The van der Waals surface area contributed by atoms with E-state index in [1.807, 2.05) is 0 Å². The third-order valence-corrected chi connectivity index (χ3v) is 5.98. The number of piperidine rings is 1. The molecule has 2 saturated heterocycles. The van der Waals surface area contributed by atoms with Gasteiger partial charge in [0.15, 0.2) is 0 Å². The molecule has 0 bridgehead atoms. The highest BCUT2D eigenvalue weighted by Gasteiger charge is 2.33. The van der Waals surface area contributed by atoms with Crippen LogP contribution in [0.3, 0.4) is 0 Å². The molecule has 134 valence electrons. The van der Waals surface area contributed by atoms with Crippen molar-refractivity contribution >= 4 is 21.7 Å². The predicted octanol–water partition coefficient (Wildman–Crippen LogP) is 0.404. The molecule has 1 aromatic heterocycles. The molecule has 2 aliphatic rings. The van der Waals surface area contributed by atoms with Gasteiger partial charge < -0.3 is 4.74 Å². The van der Waals surface area contributed by atoms with E-state index in [1.165, 1.54) is 0 Å². The first-order valence-electron chi connectivity index (χ1n) is 8.37. The second-order valence-corrected chi connectivity index (χ2v) is 8.23. The Morgan fingerprint density at radius 1 is 1.38 bits per heavy atom. The van der Waals surface area contributed by atoms with Gasteiger partial charge in [-0.25, -0.2) is 13.1 Å². The monoisotopic (exact) mass is 356 g/mol. The standard InChI is InChI=1S/C15H24N4O4S/c1-18-14(6-8-16-18)19-9-2-5-13(15(19)20)17-24(21,22)11-7-12-4-3-10-23-12/h6,8,12-13,17H,2-5,7,9-11H2,1H3/t12-,13+/m0/s1. The van der Waals surface area contributed by atoms with Gasteiger partial charge in [0, 0.05) is 26.3 Å². The number of nitrogens with zero attached hydrogens (tertiary/aromatic N) is 3. The molecule has 0 unspecified atom stereocenters. The van der Waals surface area contributed by atoms with Crippen molar-refractivity contribution in [2.75, 3.05) is 23.8 Å². The minimum atomic E-state index is -3.50. The molecule has 8 nitrogen and oxygen atoms in total. The van der Waals surface area contributed by atoms with Crippen molar-refractivity contribution in [3.63, 3.8) is 0 Å². The van der Waals surface area contributed by atoms with Crippen LogP contribution < -0.4 is 9.62 Å². The number of hydrogen-bond acceptors (Lipinski definition) is 5. The highest BCUT2D eigenvalue weighted by Crippen LogP contribution is 2.21. The van der Waals surface area contributed by atoms with E-state index in [9.17, 15) is 13.2 Å². The van der Waals surface area contributed by atoms with E-state index in [1.54, 1.807) is 28.9 Å². The maximum atomic E-state index is 12.6. The summed E-state index contributed by atoms with van der Waals surface area (Å²) >= 11 is 0. The topological polar surface area (TPSA) is 93.5 Å². The Morgan fingerprint density at radius 3 is 2.88 bits per heavy atom. The fourth-order valence-corrected chi connectivity index (χ4v) is 4.62. The first-order valence-corrected chi connectivity index (χ1v) is 10.0. The molecule has 1 amide bonds. The molecular weight excluding hydrogens is 332 g/mol. The van der Waals surface area contributed by atoms with E-state index in [0.717, 1.165) is 19.3 Å². The van der Waals surface area contributed by atoms with Gasteiger partial charge in [-0.1, -0.05) is 0 Å². The van der Waals surface area contributed by atoms with Gasteiger partial charge >= 0.3 is 0 Å². The van der Waals surface area contributed by atoms with Crippen LogP contribution in [0.2, 0.25) is 0 Å². The number of carbonyl (C=O) groups is 1. The molecule has 9 heteroatoms. The predicted molar refractivity (Wildman–Crippen MR) is 89.1 cm³/mol. The average molecular weight is 356 g/mol. The molecule has 2 atom stereocenters. The Bertz CT molecular complexity index is 681. The maximum absolute atomic E-state index is 12.6. The highest BCUT2D eigenvalue weighted by atomic mass is 32.2. The summed E-state index contributed by atoms with van der Waals surface area (Å²) in [7, 11) is -1.74. The van der Waals surface area contributed by atoms with Crippen LogP contribution in [0.4, 0.5) is 5.82 Å². The summed E-state index contributed by atoms with van der Waals surface area (Å²) in [5.74, 6) is 0.460. The van der Waals surface area contributed by atoms with E-state index < -0.39 is 16.1 Å². The normalized spacial score (nSPS) is 25.4. The highest BCUT2D eigenvalue weighted by molar-refractivity contribution is 7.89. The number of carbonyl (C=O) groups excluding carboxylic acids is 1. The molecule has 3 heterocycles. The van der Waals surface area contributed by atoms with Gasteiger partial charge in [0.1, 0.15) is 11.9 Å². The van der Waals surface area contributed by atoms with Crippen LogP contribution in [-0.2, 0) is 26.6 Å². The van der Waals surface area contributed by atoms with Gasteiger partial charge in [-0.15, -0.1) is 0 Å². The first-order chi connectivity index (χ1) is 11.5. The summed E-state index contributed by atoms with van der Waals surface area (Å²) in [4.78, 5) is 14.2. The fraction of sp³-hybridized carbons (Fsp3) is 0.733. The maximum Gasteiger partial charge on any atom is 0.246 e. The lowest BCUT2D eigenvalue weighted by molar-refractivity contribution is -0.121. The van der Waals surface area contributed by atoms with Gasteiger partial charge in [-0.05, 0) is 32.1 Å². The zero-order chi connectivity index (χ0) is 17.2. The number of nitrogens with one attached hydrogen (secondary N) is 1. The summed E-state index contributed by atoms with van der Waals surface area (Å²) in [6.07, 6.45) is 5.28. The van der Waals surface area contributed by atoms with E-state index in [0.29, 0.717) is 31.8 Å². The molecule has 1 N–H and O–H groups in total. The summed E-state index contributed by atoms with van der Waals surface area (Å²) in [5, 5.41) is 4.07. The minimum Gasteiger partial charge on any atom is -0.378 e. The molecule has 1 aromatic rings. The number of anilines is 1. The minimum absolute atomic E-state index is 0.00679. The Balaban J connectivity index is 1.61. The van der Waals surface area contributed by atoms with Crippen molar-refractivity contribution in [1.82, 2.24) is 14.5 Å². The summed E-state index contributed by atoms with van der Waals surface area (Å²) in [6, 6.07) is 1.05. The lowest BCUT2D eigenvalue weighted by Gasteiger charge is -2.32. The zero-order valence-corrected chi connectivity index (χ0v) is 14.7. The van der Waals surface area contributed by atoms with Crippen molar-refractivity contribution in [1.29, 1.82) is 0 Å². The Kier molecular flexibility index (Phi) is 5.21. The molecule has 0 saturated carbocycles. The van der Waals surface area contributed by atoms with Crippen molar-refractivity contribution in [3.8, 4) is 0 Å². The molecule has 24 heavy (non-hydrogen) atoms. The third kappa shape index (κ3) is 3.96. The Labute approximate surface area is 142 Å². The van der Waals surface area contributed by atoms with E-state index in [2.05, 4.69) is 9.82 Å². The SMILES string of the molecule is Cn1nccc1N1CCC[C@@H](NS(=O)(=O)CC[C@@H]2CCCO2)C1=O. The molecule has 0 aromatic carbocycles. The van der Waals surface area contributed by atoms with Crippen molar-refractivity contribution in [2.45, 2.75) is 44.2 Å². The van der Waals surface area contributed by atoms with Crippen LogP contribution in [-0.4, -0.2) is 55.2 Å². The molecule has 3 rings (SSSR count). The average Bonchev–Trinajstić information content (AvgIpc) is 3.19. The van der Waals surface area contributed by atoms with Gasteiger partial charge in [0.25, 0.3) is 0 Å². The number of hydrogen-bond donors (Lipinski definition) is 1. The fourth-order valence-electron chi connectivity index (χ4n) is 3.28. The van der Waals surface area contributed by atoms with Crippen LogP contribution in [0.25, 0.3) is 0 Å². The number of sulfonamides is 1. The van der Waals surface area contributed by atoms with Gasteiger partial charge in [-0.2, -0.15) is 5.10 Å². The Hall–Kier alpha value is -1.45. The van der Waals surface area contributed by atoms with Gasteiger partial charge in [0.2, 0.25) is 15.9 Å². The number of ether oxygens (including phenoxy) is 1. The summed E-state index contributed by atoms with van der Waals surface area (Å²) in [5.41, 5.74) is 0. The number of amides is 1. The summed E-state index contributed by atoms with van der Waals surface area (Å²) in [6.45, 7) is 1.28. The van der Waals surface area contributed by atoms with Crippen molar-refractivity contribution < 1.29 is 17.9 Å². The van der Waals surface area contributed by atoms with Gasteiger partial charge in [0.05, 0.1) is 18.1 Å². The Morgan fingerprint density at radius 2 is 2.21 bits per heavy atom. The zero-order valence-electron chi connectivity index (χ0n) is 13.8. The lowest BCUT2D eigenvalue weighted by atomic mass is 10.1. The molecule has 2 fully saturated rings. The van der Waals surface area contributed by atoms with Crippen LogP contribution in [0.15, 0.2) is 12.3 Å². The summed E-state index contributed by atoms with van der Waals surface area (Å²) < 4.78 is 34.3. The van der Waals surface area contributed by atoms with E-state index >= 15 is 0 Å². The first kappa shape index (κ1) is 17.4. The second kappa shape index (κ2) is 7.20. The largest absolute Gasteiger partial charge is 0.378 e. The van der Waals surface area contributed by atoms with Gasteiger partial charge in [-0.3, -0.25) is 14.4 Å². The van der Waals surface area contributed by atoms with Crippen molar-refractivity contribution in [3.05, 3.63) is 12.3 Å². The van der Waals surface area contributed by atoms with Crippen LogP contribution >= 0.6 is 0 Å². The van der Waals surface area contributed by atoms with E-state index in [4.69, 9.17) is 4.74 Å². The molecule has 0 radical (unpaired) electrons. The van der Waals surface area contributed by atoms with Crippen molar-refractivity contribution in [2.24, 2.45) is 7.05 Å².